The van der Waals surface area contributed by atoms with Gasteiger partial charge in [0.15, 0.2) is 0 Å². The maximum absolute atomic E-state index is 12.5. The van der Waals surface area contributed by atoms with Gasteiger partial charge in [0, 0.05) is 12.1 Å². The van der Waals surface area contributed by atoms with Crippen molar-refractivity contribution < 1.29 is 13.2 Å². The van der Waals surface area contributed by atoms with Gasteiger partial charge in [-0.1, -0.05) is 11.8 Å². The first-order chi connectivity index (χ1) is 9.96. The van der Waals surface area contributed by atoms with Crippen LogP contribution in [0.3, 0.4) is 0 Å². The molecule has 1 aliphatic rings. The second-order valence-electron chi connectivity index (χ2n) is 4.71. The number of carbonyl (C=O) groups excluding carboxylic acids is 1. The maximum atomic E-state index is 12.5. The van der Waals surface area contributed by atoms with Crippen molar-refractivity contribution in [1.82, 2.24) is 4.31 Å². The Labute approximate surface area is 124 Å². The maximum Gasteiger partial charge on any atom is 0.243 e. The van der Waals surface area contributed by atoms with Crippen molar-refractivity contribution in [1.29, 1.82) is 0 Å². The van der Waals surface area contributed by atoms with Gasteiger partial charge in [0.2, 0.25) is 15.9 Å². The molecule has 1 amide bonds. The molecule has 0 aromatic heterocycles. The molecule has 4 N–H and O–H groups in total. The molecule has 1 aliphatic heterocycles. The normalized spacial score (nSPS) is 19.0. The molecular weight excluding hydrogens is 290 g/mol. The van der Waals surface area contributed by atoms with Crippen LogP contribution in [0, 0.1) is 11.8 Å². The van der Waals surface area contributed by atoms with Gasteiger partial charge in [-0.15, -0.1) is 0 Å². The van der Waals surface area contributed by atoms with E-state index in [0.717, 1.165) is 0 Å². The molecule has 1 aromatic rings. The van der Waals surface area contributed by atoms with Crippen molar-refractivity contribution >= 4 is 15.9 Å². The fourth-order valence-electron chi connectivity index (χ4n) is 2.31. The second-order valence-corrected chi connectivity index (χ2v) is 6.60. The summed E-state index contributed by atoms with van der Waals surface area (Å²) in [6.45, 7) is 0.554. The molecule has 0 bridgehead atoms. The van der Waals surface area contributed by atoms with Crippen molar-refractivity contribution in [3.05, 3.63) is 29.8 Å². The van der Waals surface area contributed by atoms with Gasteiger partial charge in [-0.05, 0) is 37.1 Å². The van der Waals surface area contributed by atoms with Gasteiger partial charge < -0.3 is 11.5 Å². The fourth-order valence-corrected chi connectivity index (χ4v) is 3.98. The highest BCUT2D eigenvalue weighted by molar-refractivity contribution is 7.89. The third-order valence-corrected chi connectivity index (χ3v) is 5.25. The summed E-state index contributed by atoms with van der Waals surface area (Å²) in [6.07, 6.45) is 1.10. The molecule has 7 heteroatoms. The lowest BCUT2D eigenvalue weighted by molar-refractivity contribution is -0.121. The van der Waals surface area contributed by atoms with E-state index in [0.29, 0.717) is 24.9 Å². The fraction of sp³-hybridized carbons (Fsp3) is 0.357. The van der Waals surface area contributed by atoms with E-state index in [1.807, 2.05) is 0 Å². The van der Waals surface area contributed by atoms with E-state index in [4.69, 9.17) is 11.5 Å². The summed E-state index contributed by atoms with van der Waals surface area (Å²) < 4.78 is 26.3. The molecule has 0 spiro atoms. The highest BCUT2D eigenvalue weighted by Gasteiger charge is 2.38. The SMILES string of the molecule is NCC#Cc1ccc(S(=O)(=O)N2CCCC2C(N)=O)cc1. The van der Waals surface area contributed by atoms with Gasteiger partial charge >= 0.3 is 0 Å². The third kappa shape index (κ3) is 3.24. The molecule has 0 radical (unpaired) electrons. The first kappa shape index (κ1) is 15.5. The van der Waals surface area contributed by atoms with Gasteiger partial charge in [0.25, 0.3) is 0 Å². The van der Waals surface area contributed by atoms with Crippen molar-refractivity contribution in [3.63, 3.8) is 0 Å². The summed E-state index contributed by atoms with van der Waals surface area (Å²) in [7, 11) is -3.71. The highest BCUT2D eigenvalue weighted by atomic mass is 32.2. The average molecular weight is 307 g/mol. The molecule has 2 rings (SSSR count). The summed E-state index contributed by atoms with van der Waals surface area (Å²) in [5.41, 5.74) is 11.2. The number of benzene rings is 1. The van der Waals surface area contributed by atoms with Crippen LogP contribution in [-0.4, -0.2) is 37.8 Å². The molecule has 0 saturated carbocycles. The zero-order valence-corrected chi connectivity index (χ0v) is 12.3. The van der Waals surface area contributed by atoms with Crippen molar-refractivity contribution in [2.75, 3.05) is 13.1 Å². The van der Waals surface area contributed by atoms with E-state index in [2.05, 4.69) is 11.8 Å². The zero-order chi connectivity index (χ0) is 15.5. The van der Waals surface area contributed by atoms with E-state index in [1.54, 1.807) is 12.1 Å². The van der Waals surface area contributed by atoms with Crippen molar-refractivity contribution in [3.8, 4) is 11.8 Å². The molecule has 112 valence electrons. The topological polar surface area (TPSA) is 106 Å². The lowest BCUT2D eigenvalue weighted by Crippen LogP contribution is -2.43. The van der Waals surface area contributed by atoms with Crippen LogP contribution in [-0.2, 0) is 14.8 Å². The summed E-state index contributed by atoms with van der Waals surface area (Å²) in [6, 6.07) is 5.43. The summed E-state index contributed by atoms with van der Waals surface area (Å²) >= 11 is 0. The lowest BCUT2D eigenvalue weighted by atomic mass is 10.2. The van der Waals surface area contributed by atoms with Gasteiger partial charge in [0.05, 0.1) is 11.4 Å². The molecule has 1 fully saturated rings. The van der Waals surface area contributed by atoms with Crippen LogP contribution in [0.2, 0.25) is 0 Å². The van der Waals surface area contributed by atoms with E-state index < -0.39 is 22.0 Å². The number of amides is 1. The number of sulfonamides is 1. The van der Waals surface area contributed by atoms with Crippen LogP contribution >= 0.6 is 0 Å². The number of carbonyl (C=O) groups is 1. The highest BCUT2D eigenvalue weighted by Crippen LogP contribution is 2.25. The van der Waals surface area contributed by atoms with Crippen molar-refractivity contribution in [2.24, 2.45) is 11.5 Å². The van der Waals surface area contributed by atoms with E-state index in [1.165, 1.54) is 16.4 Å². The number of nitrogens with two attached hydrogens (primary N) is 2. The van der Waals surface area contributed by atoms with Crippen molar-refractivity contribution in [2.45, 2.75) is 23.8 Å². The molecule has 0 aliphatic carbocycles. The Hall–Kier alpha value is -1.88. The Kier molecular flexibility index (Phi) is 4.63. The minimum atomic E-state index is -3.71. The Morgan fingerprint density at radius 2 is 2.00 bits per heavy atom. The minimum Gasteiger partial charge on any atom is -0.368 e. The summed E-state index contributed by atoms with van der Waals surface area (Å²) in [4.78, 5) is 11.5. The third-order valence-electron chi connectivity index (χ3n) is 3.33. The standard InChI is InChI=1S/C14H17N3O3S/c15-9-1-3-11-5-7-12(8-6-11)21(19,20)17-10-2-4-13(17)14(16)18/h5-8,13H,2,4,9-10,15H2,(H2,16,18). The zero-order valence-electron chi connectivity index (χ0n) is 11.5. The molecule has 6 nitrogen and oxygen atoms in total. The molecule has 1 unspecified atom stereocenters. The number of primary amides is 1. The van der Waals surface area contributed by atoms with Gasteiger partial charge in [-0.25, -0.2) is 8.42 Å². The molecule has 21 heavy (non-hydrogen) atoms. The van der Waals surface area contributed by atoms with E-state index >= 15 is 0 Å². The predicted octanol–water partition coefficient (Wildman–Crippen LogP) is -0.365. The smallest absolute Gasteiger partial charge is 0.243 e. The Morgan fingerprint density at radius 1 is 1.33 bits per heavy atom. The summed E-state index contributed by atoms with van der Waals surface area (Å²) in [5.74, 6) is 4.91. The number of hydrogen-bond donors (Lipinski definition) is 2. The lowest BCUT2D eigenvalue weighted by Gasteiger charge is -2.21. The van der Waals surface area contributed by atoms with Gasteiger partial charge in [0.1, 0.15) is 6.04 Å². The number of rotatable bonds is 3. The minimum absolute atomic E-state index is 0.133. The summed E-state index contributed by atoms with van der Waals surface area (Å²) in [5, 5.41) is 0. The first-order valence-electron chi connectivity index (χ1n) is 6.57. The molecular formula is C14H17N3O3S. The molecule has 1 aromatic carbocycles. The van der Waals surface area contributed by atoms with Gasteiger partial charge in [-0.2, -0.15) is 4.31 Å². The van der Waals surface area contributed by atoms with Crippen LogP contribution in [0.5, 0.6) is 0 Å². The Morgan fingerprint density at radius 3 is 2.57 bits per heavy atom. The Bertz CT molecular complexity index is 686. The monoisotopic (exact) mass is 307 g/mol. The number of nitrogens with zero attached hydrogens (tertiary/aromatic N) is 1. The van der Waals surface area contributed by atoms with Crippen LogP contribution in [0.1, 0.15) is 18.4 Å². The average Bonchev–Trinajstić information content (AvgIpc) is 2.96. The second kappa shape index (κ2) is 6.26. The molecule has 1 atom stereocenters. The van der Waals surface area contributed by atoms with Crippen LogP contribution < -0.4 is 11.5 Å². The molecule has 1 heterocycles. The molecule has 1 saturated heterocycles. The Balaban J connectivity index is 2.29. The van der Waals surface area contributed by atoms with Crippen LogP contribution in [0.15, 0.2) is 29.2 Å². The predicted molar refractivity (Wildman–Crippen MR) is 78.5 cm³/mol. The quantitative estimate of drug-likeness (QED) is 0.743. The van der Waals surface area contributed by atoms with Crippen LogP contribution in [0.25, 0.3) is 0 Å². The van der Waals surface area contributed by atoms with E-state index in [-0.39, 0.29) is 11.4 Å². The van der Waals surface area contributed by atoms with Gasteiger partial charge in [-0.3, -0.25) is 4.79 Å². The van der Waals surface area contributed by atoms with Crippen LogP contribution in [0.4, 0.5) is 0 Å². The van der Waals surface area contributed by atoms with E-state index in [9.17, 15) is 13.2 Å². The largest absolute Gasteiger partial charge is 0.368 e. The number of hydrogen-bond acceptors (Lipinski definition) is 4. The first-order valence-corrected chi connectivity index (χ1v) is 8.01.